The van der Waals surface area contributed by atoms with Crippen LogP contribution in [0.15, 0.2) is 41.2 Å². The van der Waals surface area contributed by atoms with Crippen LogP contribution in [0, 0.1) is 6.92 Å². The van der Waals surface area contributed by atoms with E-state index in [1.165, 1.54) is 0 Å². The van der Waals surface area contributed by atoms with E-state index in [1.807, 2.05) is 48.0 Å². The van der Waals surface area contributed by atoms with Gasteiger partial charge in [-0.05, 0) is 36.8 Å². The van der Waals surface area contributed by atoms with Crippen LogP contribution in [0.5, 0.6) is 11.5 Å². The fourth-order valence-electron chi connectivity index (χ4n) is 2.66. The van der Waals surface area contributed by atoms with Gasteiger partial charge in [-0.15, -0.1) is 0 Å². The summed E-state index contributed by atoms with van der Waals surface area (Å²) in [5, 5.41) is 3.60. The van der Waals surface area contributed by atoms with Crippen molar-refractivity contribution in [2.24, 2.45) is 0 Å². The summed E-state index contributed by atoms with van der Waals surface area (Å²) < 4.78 is 12.5. The molecule has 1 aromatic heterocycles. The Hall–Kier alpha value is -2.69. The summed E-state index contributed by atoms with van der Waals surface area (Å²) in [6.07, 6.45) is 0. The van der Waals surface area contributed by atoms with Crippen molar-refractivity contribution in [1.82, 2.24) is 9.78 Å². The minimum absolute atomic E-state index is 0.0607. The quantitative estimate of drug-likeness (QED) is 0.785. The molecule has 0 bridgehead atoms. The number of rotatable bonds is 2. The molecule has 2 heterocycles. The van der Waals surface area contributed by atoms with Crippen molar-refractivity contribution in [1.29, 1.82) is 0 Å². The van der Waals surface area contributed by atoms with E-state index < -0.39 is 0 Å². The van der Waals surface area contributed by atoms with Crippen molar-refractivity contribution in [3.63, 3.8) is 0 Å². The number of hydrogen-bond donors (Lipinski definition) is 1. The zero-order chi connectivity index (χ0) is 14.4. The van der Waals surface area contributed by atoms with Gasteiger partial charge in [0.2, 0.25) is 6.79 Å². The Labute approximate surface area is 120 Å². The highest BCUT2D eigenvalue weighted by Crippen LogP contribution is 2.32. The molecule has 5 heteroatoms. The summed E-state index contributed by atoms with van der Waals surface area (Å²) in [6, 6.07) is 11.7. The Morgan fingerprint density at radius 1 is 1.14 bits per heavy atom. The Bertz CT molecular complexity index is 892. The van der Waals surface area contributed by atoms with E-state index in [9.17, 15) is 4.79 Å². The molecule has 0 saturated heterocycles. The van der Waals surface area contributed by atoms with Gasteiger partial charge in [-0.3, -0.25) is 14.6 Å². The molecular formula is C16H14N2O3. The number of H-pyrrole nitrogens is 1. The zero-order valence-electron chi connectivity index (χ0n) is 11.6. The van der Waals surface area contributed by atoms with Crippen LogP contribution in [0.25, 0.3) is 10.9 Å². The lowest BCUT2D eigenvalue weighted by Gasteiger charge is -2.06. The van der Waals surface area contributed by atoms with Crippen molar-refractivity contribution >= 4 is 10.9 Å². The molecular weight excluding hydrogens is 268 g/mol. The van der Waals surface area contributed by atoms with E-state index in [0.717, 1.165) is 33.5 Å². The molecule has 0 amide bonds. The van der Waals surface area contributed by atoms with Crippen molar-refractivity contribution < 1.29 is 9.47 Å². The lowest BCUT2D eigenvalue weighted by molar-refractivity contribution is 0.174. The van der Waals surface area contributed by atoms with Gasteiger partial charge in [0.25, 0.3) is 5.56 Å². The van der Waals surface area contributed by atoms with Gasteiger partial charge >= 0.3 is 0 Å². The smallest absolute Gasteiger partial charge is 0.271 e. The first-order valence-electron chi connectivity index (χ1n) is 6.78. The fraction of sp³-hybridized carbons (Fsp3) is 0.188. The van der Waals surface area contributed by atoms with Crippen LogP contribution in [-0.4, -0.2) is 16.6 Å². The van der Waals surface area contributed by atoms with E-state index in [1.54, 1.807) is 0 Å². The van der Waals surface area contributed by atoms with Gasteiger partial charge in [0.05, 0.1) is 17.4 Å². The first-order chi connectivity index (χ1) is 10.2. The molecule has 0 atom stereocenters. The van der Waals surface area contributed by atoms with Crippen LogP contribution in [0.1, 0.15) is 11.1 Å². The lowest BCUT2D eigenvalue weighted by atomic mass is 10.1. The minimum Gasteiger partial charge on any atom is -0.454 e. The van der Waals surface area contributed by atoms with Crippen LogP contribution < -0.4 is 15.0 Å². The maximum absolute atomic E-state index is 12.0. The number of hydrogen-bond acceptors (Lipinski definition) is 3. The van der Waals surface area contributed by atoms with E-state index >= 15 is 0 Å². The second kappa shape index (κ2) is 4.41. The molecule has 106 valence electrons. The highest BCUT2D eigenvalue weighted by Gasteiger charge is 2.14. The number of aryl methyl sites for hydroxylation is 1. The van der Waals surface area contributed by atoms with Crippen molar-refractivity contribution in [2.45, 2.75) is 13.5 Å². The van der Waals surface area contributed by atoms with Gasteiger partial charge in [0, 0.05) is 0 Å². The van der Waals surface area contributed by atoms with Gasteiger partial charge in [0.15, 0.2) is 11.5 Å². The number of ether oxygens (including phenoxy) is 2. The number of fused-ring (bicyclic) bond motifs is 2. The minimum atomic E-state index is -0.0607. The van der Waals surface area contributed by atoms with Gasteiger partial charge in [-0.2, -0.15) is 0 Å². The monoisotopic (exact) mass is 282 g/mol. The molecule has 21 heavy (non-hydrogen) atoms. The normalized spacial score (nSPS) is 13.0. The van der Waals surface area contributed by atoms with Crippen LogP contribution >= 0.6 is 0 Å². The molecule has 1 N–H and O–H groups in total. The highest BCUT2D eigenvalue weighted by atomic mass is 16.7. The molecule has 5 nitrogen and oxygen atoms in total. The number of nitrogens with zero attached hydrogens (tertiary/aromatic N) is 1. The molecule has 3 aromatic rings. The summed E-state index contributed by atoms with van der Waals surface area (Å²) in [5.74, 6) is 1.52. The molecule has 0 radical (unpaired) electrons. The first-order valence-corrected chi connectivity index (χ1v) is 6.78. The van der Waals surface area contributed by atoms with Gasteiger partial charge < -0.3 is 9.47 Å². The largest absolute Gasteiger partial charge is 0.454 e. The summed E-state index contributed by atoms with van der Waals surface area (Å²) in [5.41, 5.74) is 2.97. The SMILES string of the molecule is Cc1ccc2c(c1)c(=O)[nH]n2Cc1ccc2c(c1)OCO2. The van der Waals surface area contributed by atoms with Gasteiger partial charge in [-0.25, -0.2) is 0 Å². The first kappa shape index (κ1) is 12.1. The zero-order valence-corrected chi connectivity index (χ0v) is 11.6. The van der Waals surface area contributed by atoms with Crippen LogP contribution in [0.3, 0.4) is 0 Å². The Balaban J connectivity index is 1.76. The summed E-state index contributed by atoms with van der Waals surface area (Å²) in [4.78, 5) is 12.0. The topological polar surface area (TPSA) is 56.2 Å². The fourth-order valence-corrected chi connectivity index (χ4v) is 2.66. The third kappa shape index (κ3) is 1.98. The van der Waals surface area contributed by atoms with Crippen molar-refractivity contribution in [3.05, 3.63) is 57.9 Å². The molecule has 1 aliphatic heterocycles. The average molecular weight is 282 g/mol. The van der Waals surface area contributed by atoms with E-state index in [4.69, 9.17) is 9.47 Å². The molecule has 0 fully saturated rings. The summed E-state index contributed by atoms with van der Waals surface area (Å²) in [7, 11) is 0. The molecule has 4 rings (SSSR count). The molecule has 0 unspecified atom stereocenters. The van der Waals surface area contributed by atoms with Gasteiger partial charge in [-0.1, -0.05) is 17.7 Å². The summed E-state index contributed by atoms with van der Waals surface area (Å²) >= 11 is 0. The average Bonchev–Trinajstić information content (AvgIpc) is 3.04. The van der Waals surface area contributed by atoms with Crippen LogP contribution in [0.2, 0.25) is 0 Å². The Morgan fingerprint density at radius 3 is 2.90 bits per heavy atom. The summed E-state index contributed by atoms with van der Waals surface area (Å²) in [6.45, 7) is 2.83. The molecule has 1 aliphatic rings. The third-order valence-electron chi connectivity index (χ3n) is 3.70. The predicted molar refractivity (Wildman–Crippen MR) is 79.0 cm³/mol. The van der Waals surface area contributed by atoms with E-state index in [2.05, 4.69) is 5.10 Å². The second-order valence-electron chi connectivity index (χ2n) is 5.24. The third-order valence-corrected chi connectivity index (χ3v) is 3.70. The molecule has 0 spiro atoms. The Kier molecular flexibility index (Phi) is 2.54. The predicted octanol–water partition coefficient (Wildman–Crippen LogP) is 2.42. The molecule has 2 aromatic carbocycles. The standard InChI is InChI=1S/C16H14N2O3/c1-10-2-4-13-12(6-10)16(19)17-18(13)8-11-3-5-14-15(7-11)21-9-20-14/h2-7H,8-9H2,1H3,(H,17,19). The molecule has 0 saturated carbocycles. The number of benzene rings is 2. The number of aromatic amines is 1. The van der Waals surface area contributed by atoms with Crippen molar-refractivity contribution in [2.75, 3.05) is 6.79 Å². The number of aromatic nitrogens is 2. The van der Waals surface area contributed by atoms with E-state index in [-0.39, 0.29) is 12.4 Å². The maximum Gasteiger partial charge on any atom is 0.271 e. The van der Waals surface area contributed by atoms with E-state index in [0.29, 0.717) is 6.54 Å². The van der Waals surface area contributed by atoms with Crippen LogP contribution in [-0.2, 0) is 6.54 Å². The van der Waals surface area contributed by atoms with Crippen LogP contribution in [0.4, 0.5) is 0 Å². The number of nitrogens with one attached hydrogen (secondary N) is 1. The Morgan fingerprint density at radius 2 is 2.00 bits per heavy atom. The second-order valence-corrected chi connectivity index (χ2v) is 5.24. The highest BCUT2D eigenvalue weighted by molar-refractivity contribution is 5.79. The molecule has 0 aliphatic carbocycles. The lowest BCUT2D eigenvalue weighted by Crippen LogP contribution is -2.06. The maximum atomic E-state index is 12.0. The van der Waals surface area contributed by atoms with Gasteiger partial charge in [0.1, 0.15) is 0 Å². The van der Waals surface area contributed by atoms with Crippen molar-refractivity contribution in [3.8, 4) is 11.5 Å².